The highest BCUT2D eigenvalue weighted by Gasteiger charge is 2.19. The van der Waals surface area contributed by atoms with Gasteiger partial charge in [0.2, 0.25) is 0 Å². The molecule has 174 valence electrons. The molecule has 0 N–H and O–H groups in total. The number of hydrogen-bond donors (Lipinski definition) is 0. The Morgan fingerprint density at radius 2 is 1.55 bits per heavy atom. The molecule has 0 saturated carbocycles. The number of hydrogen-bond acceptors (Lipinski definition) is 4. The molecule has 0 heterocycles. The van der Waals surface area contributed by atoms with E-state index in [1.807, 2.05) is 54.6 Å². The Morgan fingerprint density at radius 1 is 0.909 bits per heavy atom. The van der Waals surface area contributed by atoms with Crippen molar-refractivity contribution in [2.45, 2.75) is 13.8 Å². The SMILES string of the molecule is CCN(CC)CCOc1cc(Cl)c(N(C)C(=O)c2ccc(-c3ccccc3)cc2)cc1OC. The molecule has 0 spiro atoms. The van der Waals surface area contributed by atoms with Gasteiger partial charge in [-0.25, -0.2) is 0 Å². The Kier molecular flexibility index (Phi) is 8.75. The fraction of sp³-hybridized carbons (Fsp3) is 0.296. The lowest BCUT2D eigenvalue weighted by atomic mass is 10.0. The molecule has 5 nitrogen and oxygen atoms in total. The van der Waals surface area contributed by atoms with Gasteiger partial charge in [-0.15, -0.1) is 0 Å². The van der Waals surface area contributed by atoms with Gasteiger partial charge >= 0.3 is 0 Å². The van der Waals surface area contributed by atoms with Crippen LogP contribution in [-0.2, 0) is 0 Å². The molecule has 3 rings (SSSR count). The van der Waals surface area contributed by atoms with Gasteiger partial charge in [0, 0.05) is 31.3 Å². The van der Waals surface area contributed by atoms with Gasteiger partial charge in [-0.1, -0.05) is 67.9 Å². The summed E-state index contributed by atoms with van der Waals surface area (Å²) in [5.74, 6) is 0.938. The first-order valence-electron chi connectivity index (χ1n) is 11.1. The van der Waals surface area contributed by atoms with Crippen molar-refractivity contribution in [2.24, 2.45) is 0 Å². The molecule has 6 heteroatoms. The Bertz CT molecular complexity index is 1050. The molecule has 0 unspecified atom stereocenters. The number of methoxy groups -OCH3 is 1. The summed E-state index contributed by atoms with van der Waals surface area (Å²) in [5.41, 5.74) is 3.29. The lowest BCUT2D eigenvalue weighted by molar-refractivity contribution is 0.0993. The maximum atomic E-state index is 13.1. The number of halogens is 1. The van der Waals surface area contributed by atoms with Crippen LogP contribution in [0.25, 0.3) is 11.1 Å². The maximum Gasteiger partial charge on any atom is 0.258 e. The van der Waals surface area contributed by atoms with Crippen LogP contribution in [0.5, 0.6) is 11.5 Å². The van der Waals surface area contributed by atoms with Crippen LogP contribution in [0, 0.1) is 0 Å². The van der Waals surface area contributed by atoms with Crippen molar-refractivity contribution >= 4 is 23.2 Å². The molecule has 3 aromatic carbocycles. The fourth-order valence-electron chi connectivity index (χ4n) is 3.62. The molecule has 0 aliphatic rings. The normalized spacial score (nSPS) is 10.8. The number of benzene rings is 3. The molecule has 3 aromatic rings. The fourth-order valence-corrected chi connectivity index (χ4v) is 3.90. The molecule has 0 aromatic heterocycles. The molecule has 0 atom stereocenters. The van der Waals surface area contributed by atoms with E-state index >= 15 is 0 Å². The van der Waals surface area contributed by atoms with Crippen LogP contribution in [0.1, 0.15) is 24.2 Å². The van der Waals surface area contributed by atoms with Gasteiger partial charge in [-0.05, 0) is 36.3 Å². The number of ether oxygens (including phenoxy) is 2. The Labute approximate surface area is 201 Å². The highest BCUT2D eigenvalue weighted by Crippen LogP contribution is 2.38. The average molecular weight is 467 g/mol. The van der Waals surface area contributed by atoms with Crippen molar-refractivity contribution < 1.29 is 14.3 Å². The summed E-state index contributed by atoms with van der Waals surface area (Å²) in [7, 11) is 3.28. The third-order valence-electron chi connectivity index (χ3n) is 5.70. The van der Waals surface area contributed by atoms with Gasteiger partial charge in [0.25, 0.3) is 5.91 Å². The van der Waals surface area contributed by atoms with Crippen LogP contribution < -0.4 is 14.4 Å². The van der Waals surface area contributed by atoms with Gasteiger partial charge in [-0.2, -0.15) is 0 Å². The third kappa shape index (κ3) is 6.06. The molecule has 0 aliphatic carbocycles. The Morgan fingerprint density at radius 3 is 2.15 bits per heavy atom. The van der Waals surface area contributed by atoms with E-state index in [1.165, 1.54) is 4.90 Å². The van der Waals surface area contributed by atoms with Crippen LogP contribution in [0.4, 0.5) is 5.69 Å². The number of amides is 1. The number of carbonyl (C=O) groups excluding carboxylic acids is 1. The third-order valence-corrected chi connectivity index (χ3v) is 6.00. The van der Waals surface area contributed by atoms with E-state index < -0.39 is 0 Å². The quantitative estimate of drug-likeness (QED) is 0.366. The monoisotopic (exact) mass is 466 g/mol. The maximum absolute atomic E-state index is 13.1. The van der Waals surface area contributed by atoms with Crippen molar-refractivity contribution in [2.75, 3.05) is 45.3 Å². The minimum Gasteiger partial charge on any atom is -0.493 e. The van der Waals surface area contributed by atoms with E-state index in [-0.39, 0.29) is 5.91 Å². The predicted molar refractivity (Wildman–Crippen MR) is 136 cm³/mol. The topological polar surface area (TPSA) is 42.0 Å². The first-order valence-corrected chi connectivity index (χ1v) is 11.5. The van der Waals surface area contributed by atoms with E-state index in [9.17, 15) is 4.79 Å². The van der Waals surface area contributed by atoms with Crippen LogP contribution in [0.2, 0.25) is 5.02 Å². The number of carbonyl (C=O) groups is 1. The molecule has 0 radical (unpaired) electrons. The summed E-state index contributed by atoms with van der Waals surface area (Å²) in [5, 5.41) is 0.422. The summed E-state index contributed by atoms with van der Waals surface area (Å²) in [6, 6.07) is 21.1. The highest BCUT2D eigenvalue weighted by atomic mass is 35.5. The van der Waals surface area contributed by atoms with Crippen molar-refractivity contribution in [3.05, 3.63) is 77.3 Å². The Hall–Kier alpha value is -3.02. The summed E-state index contributed by atoms with van der Waals surface area (Å²) < 4.78 is 11.4. The first kappa shape index (κ1) is 24.6. The lowest BCUT2D eigenvalue weighted by Gasteiger charge is -2.22. The zero-order valence-electron chi connectivity index (χ0n) is 19.7. The van der Waals surface area contributed by atoms with Gasteiger partial charge in [0.1, 0.15) is 6.61 Å². The highest BCUT2D eigenvalue weighted by molar-refractivity contribution is 6.34. The summed E-state index contributed by atoms with van der Waals surface area (Å²) in [6.45, 7) is 7.52. The van der Waals surface area contributed by atoms with Crippen LogP contribution in [0.15, 0.2) is 66.7 Å². The second-order valence-corrected chi connectivity index (χ2v) is 8.04. The molecule has 33 heavy (non-hydrogen) atoms. The second-order valence-electron chi connectivity index (χ2n) is 7.64. The minimum absolute atomic E-state index is 0.159. The first-order chi connectivity index (χ1) is 16.0. The van der Waals surface area contributed by atoms with Gasteiger partial charge in [0.05, 0.1) is 17.8 Å². The van der Waals surface area contributed by atoms with E-state index in [4.69, 9.17) is 21.1 Å². The van der Waals surface area contributed by atoms with Crippen LogP contribution >= 0.6 is 11.6 Å². The van der Waals surface area contributed by atoms with Crippen molar-refractivity contribution in [3.63, 3.8) is 0 Å². The number of likely N-dealkylation sites (N-methyl/N-ethyl adjacent to an activating group) is 1. The molecule has 0 saturated heterocycles. The second kappa shape index (κ2) is 11.7. The summed E-state index contributed by atoms with van der Waals surface area (Å²) in [4.78, 5) is 16.9. The number of anilines is 1. The van der Waals surface area contributed by atoms with E-state index in [0.717, 1.165) is 30.8 Å². The largest absolute Gasteiger partial charge is 0.493 e. The number of nitrogens with zero attached hydrogens (tertiary/aromatic N) is 2. The average Bonchev–Trinajstić information content (AvgIpc) is 2.86. The smallest absolute Gasteiger partial charge is 0.258 e. The van der Waals surface area contributed by atoms with Gasteiger partial charge < -0.3 is 19.3 Å². The molecule has 0 bridgehead atoms. The molecule has 0 fully saturated rings. The molecular formula is C27H31ClN2O3. The van der Waals surface area contributed by atoms with Crippen molar-refractivity contribution in [1.29, 1.82) is 0 Å². The molecule has 0 aliphatic heterocycles. The standard InChI is InChI=1S/C27H31ClN2O3/c1-5-30(6-2)16-17-33-26-18-23(28)24(19-25(26)32-4)29(3)27(31)22-14-12-21(13-15-22)20-10-8-7-9-11-20/h7-15,18-19H,5-6,16-17H2,1-4H3. The van der Waals surface area contributed by atoms with E-state index in [1.54, 1.807) is 26.3 Å². The zero-order chi connectivity index (χ0) is 23.8. The molecule has 1 amide bonds. The molecular weight excluding hydrogens is 436 g/mol. The predicted octanol–water partition coefficient (Wildman–Crippen LogP) is 6.01. The van der Waals surface area contributed by atoms with Gasteiger partial charge in [0.15, 0.2) is 11.5 Å². The minimum atomic E-state index is -0.159. The van der Waals surface area contributed by atoms with Crippen LogP contribution in [0.3, 0.4) is 0 Å². The zero-order valence-corrected chi connectivity index (χ0v) is 20.4. The van der Waals surface area contributed by atoms with Gasteiger partial charge in [-0.3, -0.25) is 4.79 Å². The van der Waals surface area contributed by atoms with Crippen molar-refractivity contribution in [1.82, 2.24) is 4.90 Å². The van der Waals surface area contributed by atoms with E-state index in [0.29, 0.717) is 34.4 Å². The van der Waals surface area contributed by atoms with Crippen molar-refractivity contribution in [3.8, 4) is 22.6 Å². The summed E-state index contributed by atoms with van der Waals surface area (Å²) in [6.07, 6.45) is 0. The summed E-state index contributed by atoms with van der Waals surface area (Å²) >= 11 is 6.55. The lowest BCUT2D eigenvalue weighted by Crippen LogP contribution is -2.28. The van der Waals surface area contributed by atoms with E-state index in [2.05, 4.69) is 18.7 Å². The Balaban J connectivity index is 1.75. The number of rotatable bonds is 10. The van der Waals surface area contributed by atoms with Crippen LogP contribution in [-0.4, -0.2) is 51.2 Å².